The molecule has 3 rings (SSSR count). The number of aryl methyl sites for hydroxylation is 1. The molecule has 128 valence electrons. The Balaban J connectivity index is 2.28. The van der Waals surface area contributed by atoms with E-state index in [0.717, 1.165) is 10.5 Å². The Morgan fingerprint density at radius 1 is 1.16 bits per heavy atom. The molecule has 0 spiro atoms. The minimum atomic E-state index is -0.524. The standard InChI is InChI=1S/C18H17N3O3S/c1-11-4-6-13(19-10-11)14-9-17(22)20-18(23)21(14)12-5-7-16(25-3)15(8-12)24-2/h4-10H,1-3H3,(H,20,22,23). The van der Waals surface area contributed by atoms with E-state index in [4.69, 9.17) is 4.74 Å². The monoisotopic (exact) mass is 355 g/mol. The zero-order valence-electron chi connectivity index (χ0n) is 14.1. The molecule has 0 unspecified atom stereocenters. The minimum absolute atomic E-state index is 0.424. The second-order valence-corrected chi connectivity index (χ2v) is 6.27. The number of methoxy groups -OCH3 is 1. The molecular weight excluding hydrogens is 338 g/mol. The number of hydrogen-bond donors (Lipinski definition) is 1. The van der Waals surface area contributed by atoms with Gasteiger partial charge in [-0.15, -0.1) is 11.8 Å². The summed E-state index contributed by atoms with van der Waals surface area (Å²) in [5, 5.41) is 0. The summed E-state index contributed by atoms with van der Waals surface area (Å²) < 4.78 is 6.82. The first-order chi connectivity index (χ1) is 12.0. The quantitative estimate of drug-likeness (QED) is 0.728. The predicted molar refractivity (Wildman–Crippen MR) is 99.0 cm³/mol. The van der Waals surface area contributed by atoms with E-state index in [1.807, 2.05) is 31.4 Å². The average Bonchev–Trinajstić information content (AvgIpc) is 2.61. The highest BCUT2D eigenvalue weighted by atomic mass is 32.2. The summed E-state index contributed by atoms with van der Waals surface area (Å²) in [6.45, 7) is 1.92. The Kier molecular flexibility index (Phi) is 4.76. The van der Waals surface area contributed by atoms with Gasteiger partial charge in [-0.25, -0.2) is 4.79 Å². The molecule has 0 bridgehead atoms. The lowest BCUT2D eigenvalue weighted by molar-refractivity contribution is 0.404. The Bertz CT molecular complexity index is 1020. The van der Waals surface area contributed by atoms with Crippen LogP contribution in [0.4, 0.5) is 0 Å². The maximum absolute atomic E-state index is 12.5. The Morgan fingerprint density at radius 2 is 1.96 bits per heavy atom. The number of pyridine rings is 1. The van der Waals surface area contributed by atoms with Crippen molar-refractivity contribution in [3.05, 3.63) is 69.0 Å². The van der Waals surface area contributed by atoms with Gasteiger partial charge in [-0.3, -0.25) is 19.3 Å². The fourth-order valence-corrected chi connectivity index (χ4v) is 3.07. The van der Waals surface area contributed by atoms with Crippen molar-refractivity contribution in [2.75, 3.05) is 13.4 Å². The summed E-state index contributed by atoms with van der Waals surface area (Å²) in [5.74, 6) is 0.658. The van der Waals surface area contributed by atoms with Gasteiger partial charge in [0.1, 0.15) is 5.75 Å². The number of aromatic nitrogens is 3. The lowest BCUT2D eigenvalue weighted by Gasteiger charge is -2.14. The second-order valence-electron chi connectivity index (χ2n) is 5.42. The van der Waals surface area contributed by atoms with Gasteiger partial charge >= 0.3 is 5.69 Å². The normalized spacial score (nSPS) is 10.7. The Morgan fingerprint density at radius 3 is 2.60 bits per heavy atom. The lowest BCUT2D eigenvalue weighted by Crippen LogP contribution is -2.29. The highest BCUT2D eigenvalue weighted by molar-refractivity contribution is 7.98. The molecule has 6 nitrogen and oxygen atoms in total. The highest BCUT2D eigenvalue weighted by Gasteiger charge is 2.13. The molecule has 2 heterocycles. The third-order valence-electron chi connectivity index (χ3n) is 3.74. The van der Waals surface area contributed by atoms with Crippen LogP contribution in [-0.2, 0) is 0 Å². The molecule has 1 aromatic carbocycles. The van der Waals surface area contributed by atoms with Crippen LogP contribution in [0.1, 0.15) is 5.56 Å². The molecule has 7 heteroatoms. The third-order valence-corrected chi connectivity index (χ3v) is 4.52. The van der Waals surface area contributed by atoms with E-state index in [-0.39, 0.29) is 0 Å². The van der Waals surface area contributed by atoms with Crippen molar-refractivity contribution in [1.29, 1.82) is 0 Å². The van der Waals surface area contributed by atoms with Crippen LogP contribution in [0.5, 0.6) is 5.75 Å². The van der Waals surface area contributed by atoms with Gasteiger partial charge in [0, 0.05) is 23.2 Å². The minimum Gasteiger partial charge on any atom is -0.496 e. The van der Waals surface area contributed by atoms with Crippen molar-refractivity contribution in [1.82, 2.24) is 14.5 Å². The Labute approximate surface area is 148 Å². The maximum Gasteiger partial charge on any atom is 0.333 e. The van der Waals surface area contributed by atoms with Crippen LogP contribution in [0.3, 0.4) is 0 Å². The summed E-state index contributed by atoms with van der Waals surface area (Å²) in [7, 11) is 1.58. The average molecular weight is 355 g/mol. The van der Waals surface area contributed by atoms with Crippen molar-refractivity contribution in [2.45, 2.75) is 11.8 Å². The van der Waals surface area contributed by atoms with Gasteiger partial charge in [-0.2, -0.15) is 0 Å². The van der Waals surface area contributed by atoms with E-state index >= 15 is 0 Å². The molecule has 0 amide bonds. The Hall–Kier alpha value is -2.80. The molecule has 0 saturated heterocycles. The SMILES string of the molecule is COc1cc(-n2c(-c3ccc(C)cn3)cc(=O)[nH]c2=O)ccc1SC. The van der Waals surface area contributed by atoms with Gasteiger partial charge in [-0.1, -0.05) is 6.07 Å². The number of H-pyrrole nitrogens is 1. The van der Waals surface area contributed by atoms with Crippen LogP contribution < -0.4 is 16.0 Å². The van der Waals surface area contributed by atoms with Gasteiger partial charge in [-0.05, 0) is 36.9 Å². The zero-order chi connectivity index (χ0) is 18.0. The number of rotatable bonds is 4. The molecule has 0 atom stereocenters. The molecule has 0 radical (unpaired) electrons. The van der Waals surface area contributed by atoms with E-state index in [2.05, 4.69) is 9.97 Å². The van der Waals surface area contributed by atoms with E-state index in [1.54, 1.807) is 37.2 Å². The summed E-state index contributed by atoms with van der Waals surface area (Å²) in [6, 6.07) is 10.5. The van der Waals surface area contributed by atoms with Crippen molar-refractivity contribution >= 4 is 11.8 Å². The fraction of sp³-hybridized carbons (Fsp3) is 0.167. The topological polar surface area (TPSA) is 77.0 Å². The van der Waals surface area contributed by atoms with Gasteiger partial charge in [0.15, 0.2) is 0 Å². The fourth-order valence-electron chi connectivity index (χ4n) is 2.52. The smallest absolute Gasteiger partial charge is 0.333 e. The summed E-state index contributed by atoms with van der Waals surface area (Å²) in [6.07, 6.45) is 3.65. The number of thioether (sulfide) groups is 1. The van der Waals surface area contributed by atoms with Crippen molar-refractivity contribution in [3.63, 3.8) is 0 Å². The molecular formula is C18H17N3O3S. The molecule has 0 aliphatic heterocycles. The van der Waals surface area contributed by atoms with Crippen LogP contribution in [0.15, 0.2) is 57.1 Å². The third kappa shape index (κ3) is 3.36. The first-order valence-corrected chi connectivity index (χ1v) is 8.78. The maximum atomic E-state index is 12.5. The van der Waals surface area contributed by atoms with Crippen molar-refractivity contribution in [2.24, 2.45) is 0 Å². The van der Waals surface area contributed by atoms with E-state index in [0.29, 0.717) is 22.8 Å². The lowest BCUT2D eigenvalue weighted by atomic mass is 10.2. The molecule has 25 heavy (non-hydrogen) atoms. The first-order valence-electron chi connectivity index (χ1n) is 7.55. The number of hydrogen-bond acceptors (Lipinski definition) is 5. The zero-order valence-corrected chi connectivity index (χ0v) is 14.9. The molecule has 0 fully saturated rings. The van der Waals surface area contributed by atoms with E-state index in [1.165, 1.54) is 10.6 Å². The van der Waals surface area contributed by atoms with Crippen molar-refractivity contribution < 1.29 is 4.74 Å². The van der Waals surface area contributed by atoms with Crippen LogP contribution in [0.25, 0.3) is 17.1 Å². The molecule has 0 aliphatic carbocycles. The van der Waals surface area contributed by atoms with Crippen LogP contribution >= 0.6 is 11.8 Å². The highest BCUT2D eigenvalue weighted by Crippen LogP contribution is 2.30. The predicted octanol–water partition coefficient (Wildman–Crippen LogP) is 2.63. The van der Waals surface area contributed by atoms with Gasteiger partial charge in [0.05, 0.1) is 24.2 Å². The number of nitrogens with one attached hydrogen (secondary N) is 1. The number of benzene rings is 1. The molecule has 3 aromatic rings. The second kappa shape index (κ2) is 6.98. The van der Waals surface area contributed by atoms with Gasteiger partial charge < -0.3 is 4.74 Å². The number of ether oxygens (including phenoxy) is 1. The first kappa shape index (κ1) is 17.0. The largest absolute Gasteiger partial charge is 0.496 e. The van der Waals surface area contributed by atoms with Gasteiger partial charge in [0.25, 0.3) is 5.56 Å². The molecule has 1 N–H and O–H groups in total. The number of aromatic amines is 1. The van der Waals surface area contributed by atoms with Crippen LogP contribution in [-0.4, -0.2) is 27.9 Å². The molecule has 0 aliphatic rings. The number of nitrogens with zero attached hydrogens (tertiary/aromatic N) is 2. The van der Waals surface area contributed by atoms with Gasteiger partial charge in [0.2, 0.25) is 0 Å². The summed E-state index contributed by atoms with van der Waals surface area (Å²) in [4.78, 5) is 31.9. The van der Waals surface area contributed by atoms with Crippen LogP contribution in [0.2, 0.25) is 0 Å². The summed E-state index contributed by atoms with van der Waals surface area (Å²) in [5.41, 5.74) is 1.56. The van der Waals surface area contributed by atoms with E-state index < -0.39 is 11.2 Å². The van der Waals surface area contributed by atoms with Crippen molar-refractivity contribution in [3.8, 4) is 22.8 Å². The van der Waals surface area contributed by atoms with E-state index in [9.17, 15) is 9.59 Å². The van der Waals surface area contributed by atoms with Crippen LogP contribution in [0, 0.1) is 6.92 Å². The summed E-state index contributed by atoms with van der Waals surface area (Å²) >= 11 is 1.55. The molecule has 0 saturated carbocycles. The molecule has 2 aromatic heterocycles.